The van der Waals surface area contributed by atoms with Crippen LogP contribution >= 0.6 is 0 Å². The Morgan fingerprint density at radius 3 is 3.10 bits per heavy atom. The highest BCUT2D eigenvalue weighted by Gasteiger charge is 2.25. The minimum absolute atomic E-state index is 0.0741. The fraction of sp³-hybridized carbons (Fsp3) is 0.250. The van der Waals surface area contributed by atoms with Gasteiger partial charge >= 0.3 is 0 Å². The van der Waals surface area contributed by atoms with Gasteiger partial charge in [-0.2, -0.15) is 0 Å². The van der Waals surface area contributed by atoms with E-state index in [1.165, 1.54) is 0 Å². The normalized spacial score (nSPS) is 35.0. The summed E-state index contributed by atoms with van der Waals surface area (Å²) in [7, 11) is 0. The molecular formula is C8H9NO. The van der Waals surface area contributed by atoms with Crippen molar-refractivity contribution >= 4 is 0 Å². The predicted octanol–water partition coefficient (Wildman–Crippen LogP) is 0.928. The highest BCUT2D eigenvalue weighted by molar-refractivity contribution is 5.27. The van der Waals surface area contributed by atoms with Crippen LogP contribution in [0.2, 0.25) is 0 Å². The van der Waals surface area contributed by atoms with Gasteiger partial charge in [-0.25, -0.2) is 0 Å². The minimum Gasteiger partial charge on any atom is -0.491 e. The molecule has 10 heavy (non-hydrogen) atoms. The second-order valence-electron chi connectivity index (χ2n) is 2.51. The van der Waals surface area contributed by atoms with Gasteiger partial charge in [-0.1, -0.05) is 12.2 Å². The molecule has 0 saturated carbocycles. The summed E-state index contributed by atoms with van der Waals surface area (Å²) in [6, 6.07) is 0. The lowest BCUT2D eigenvalue weighted by molar-refractivity contribution is 0.179. The van der Waals surface area contributed by atoms with E-state index in [1.54, 1.807) is 6.26 Å². The summed E-state index contributed by atoms with van der Waals surface area (Å²) in [6.07, 6.45) is 9.74. The maximum absolute atomic E-state index is 5.66. The molecule has 2 heteroatoms. The van der Waals surface area contributed by atoms with E-state index in [0.29, 0.717) is 5.92 Å². The van der Waals surface area contributed by atoms with Crippen molar-refractivity contribution in [1.82, 2.24) is 0 Å². The van der Waals surface area contributed by atoms with Crippen LogP contribution in [-0.2, 0) is 4.74 Å². The first-order valence-corrected chi connectivity index (χ1v) is 3.34. The molecule has 2 nitrogen and oxygen atoms in total. The molecule has 2 N–H and O–H groups in total. The number of rotatable bonds is 0. The van der Waals surface area contributed by atoms with Gasteiger partial charge in [0.2, 0.25) is 0 Å². The maximum Gasteiger partial charge on any atom is 0.147 e. The standard InChI is InChI=1S/C8H9NO/c9-7-3-1-2-6-4-5-10-8(6)7/h1-6,8H,9H2. The van der Waals surface area contributed by atoms with E-state index in [2.05, 4.69) is 6.08 Å². The number of allylic oxidation sites excluding steroid dienone is 2. The Morgan fingerprint density at radius 2 is 2.30 bits per heavy atom. The number of hydrogen-bond acceptors (Lipinski definition) is 2. The minimum atomic E-state index is 0.0741. The summed E-state index contributed by atoms with van der Waals surface area (Å²) in [6.45, 7) is 0. The molecule has 1 aliphatic heterocycles. The Balaban J connectivity index is 2.29. The van der Waals surface area contributed by atoms with E-state index in [4.69, 9.17) is 10.5 Å². The topological polar surface area (TPSA) is 35.2 Å². The van der Waals surface area contributed by atoms with Gasteiger partial charge in [0.15, 0.2) is 0 Å². The van der Waals surface area contributed by atoms with E-state index >= 15 is 0 Å². The Bertz CT molecular complexity index is 227. The molecule has 1 heterocycles. The van der Waals surface area contributed by atoms with Crippen molar-refractivity contribution in [2.45, 2.75) is 6.10 Å². The van der Waals surface area contributed by atoms with Crippen LogP contribution in [0, 0.1) is 5.92 Å². The van der Waals surface area contributed by atoms with E-state index in [9.17, 15) is 0 Å². The monoisotopic (exact) mass is 135 g/mol. The summed E-state index contributed by atoms with van der Waals surface area (Å²) >= 11 is 0. The molecule has 0 spiro atoms. The van der Waals surface area contributed by atoms with Gasteiger partial charge in [-0.05, 0) is 12.2 Å². The van der Waals surface area contributed by atoms with Crippen molar-refractivity contribution in [3.8, 4) is 0 Å². The second-order valence-corrected chi connectivity index (χ2v) is 2.51. The van der Waals surface area contributed by atoms with Gasteiger partial charge in [-0.15, -0.1) is 0 Å². The molecule has 0 amide bonds. The molecule has 2 rings (SSSR count). The molecule has 2 aliphatic rings. The van der Waals surface area contributed by atoms with Crippen molar-refractivity contribution in [2.75, 3.05) is 0 Å². The Labute approximate surface area is 59.7 Å². The lowest BCUT2D eigenvalue weighted by Gasteiger charge is -2.18. The average molecular weight is 135 g/mol. The molecule has 0 aromatic carbocycles. The number of nitrogens with two attached hydrogens (primary N) is 1. The predicted molar refractivity (Wildman–Crippen MR) is 38.9 cm³/mol. The van der Waals surface area contributed by atoms with Crippen molar-refractivity contribution in [3.05, 3.63) is 36.3 Å². The third kappa shape index (κ3) is 0.652. The highest BCUT2D eigenvalue weighted by Crippen LogP contribution is 2.25. The molecule has 0 radical (unpaired) electrons. The lowest BCUT2D eigenvalue weighted by atomic mass is 9.97. The van der Waals surface area contributed by atoms with Gasteiger partial charge in [0.25, 0.3) is 0 Å². The van der Waals surface area contributed by atoms with Gasteiger partial charge < -0.3 is 10.5 Å². The molecule has 52 valence electrons. The average Bonchev–Trinajstić information content (AvgIpc) is 2.36. The first kappa shape index (κ1) is 5.59. The van der Waals surface area contributed by atoms with Crippen LogP contribution in [0.3, 0.4) is 0 Å². The number of ether oxygens (including phenoxy) is 1. The van der Waals surface area contributed by atoms with Gasteiger partial charge in [0.1, 0.15) is 6.10 Å². The zero-order valence-corrected chi connectivity index (χ0v) is 5.53. The van der Waals surface area contributed by atoms with E-state index < -0.39 is 0 Å². The molecule has 0 fully saturated rings. The van der Waals surface area contributed by atoms with Gasteiger partial charge in [0, 0.05) is 5.92 Å². The van der Waals surface area contributed by atoms with Crippen LogP contribution in [0.5, 0.6) is 0 Å². The first-order chi connectivity index (χ1) is 4.88. The summed E-state index contributed by atoms with van der Waals surface area (Å²) in [4.78, 5) is 0. The molecule has 0 bridgehead atoms. The summed E-state index contributed by atoms with van der Waals surface area (Å²) < 4.78 is 5.24. The molecule has 2 unspecified atom stereocenters. The number of fused-ring (bicyclic) bond motifs is 1. The van der Waals surface area contributed by atoms with E-state index in [1.807, 2.05) is 18.2 Å². The summed E-state index contributed by atoms with van der Waals surface area (Å²) in [5.41, 5.74) is 6.48. The molecule has 2 atom stereocenters. The SMILES string of the molecule is NC1=CC=CC2C=COC12. The lowest BCUT2D eigenvalue weighted by Crippen LogP contribution is -2.24. The smallest absolute Gasteiger partial charge is 0.147 e. The summed E-state index contributed by atoms with van der Waals surface area (Å²) in [5, 5.41) is 0. The molecule has 0 saturated heterocycles. The van der Waals surface area contributed by atoms with Crippen LogP contribution in [0.4, 0.5) is 0 Å². The fourth-order valence-electron chi connectivity index (χ4n) is 1.27. The van der Waals surface area contributed by atoms with Crippen LogP contribution in [-0.4, -0.2) is 6.10 Å². The summed E-state index contributed by atoms with van der Waals surface area (Å²) in [5.74, 6) is 0.366. The van der Waals surface area contributed by atoms with Crippen LogP contribution in [0.1, 0.15) is 0 Å². The van der Waals surface area contributed by atoms with E-state index in [-0.39, 0.29) is 6.10 Å². The van der Waals surface area contributed by atoms with Crippen molar-refractivity contribution in [2.24, 2.45) is 11.7 Å². The zero-order valence-electron chi connectivity index (χ0n) is 5.53. The molecular weight excluding hydrogens is 126 g/mol. The van der Waals surface area contributed by atoms with Gasteiger partial charge in [0.05, 0.1) is 12.0 Å². The maximum atomic E-state index is 5.66. The van der Waals surface area contributed by atoms with Crippen LogP contribution in [0.25, 0.3) is 0 Å². The van der Waals surface area contributed by atoms with Crippen molar-refractivity contribution in [3.63, 3.8) is 0 Å². The Hall–Kier alpha value is -1.18. The molecule has 0 aromatic rings. The third-order valence-electron chi connectivity index (χ3n) is 1.83. The highest BCUT2D eigenvalue weighted by atomic mass is 16.5. The van der Waals surface area contributed by atoms with Crippen LogP contribution in [0.15, 0.2) is 36.3 Å². The Kier molecular flexibility index (Phi) is 1.07. The largest absolute Gasteiger partial charge is 0.491 e. The van der Waals surface area contributed by atoms with E-state index in [0.717, 1.165) is 5.70 Å². The zero-order chi connectivity index (χ0) is 6.97. The third-order valence-corrected chi connectivity index (χ3v) is 1.83. The fourth-order valence-corrected chi connectivity index (χ4v) is 1.27. The number of hydrogen-bond donors (Lipinski definition) is 1. The first-order valence-electron chi connectivity index (χ1n) is 3.34. The molecule has 0 aromatic heterocycles. The quantitative estimate of drug-likeness (QED) is 0.536. The van der Waals surface area contributed by atoms with Crippen molar-refractivity contribution < 1.29 is 4.74 Å². The molecule has 1 aliphatic carbocycles. The second kappa shape index (κ2) is 1.90. The van der Waals surface area contributed by atoms with Crippen molar-refractivity contribution in [1.29, 1.82) is 0 Å². The van der Waals surface area contributed by atoms with Crippen LogP contribution < -0.4 is 5.73 Å². The Morgan fingerprint density at radius 1 is 1.40 bits per heavy atom. The van der Waals surface area contributed by atoms with Gasteiger partial charge in [-0.3, -0.25) is 0 Å².